The van der Waals surface area contributed by atoms with Gasteiger partial charge in [0.25, 0.3) is 0 Å². The van der Waals surface area contributed by atoms with E-state index in [1.54, 1.807) is 0 Å². The summed E-state index contributed by atoms with van der Waals surface area (Å²) in [4.78, 5) is 9.91. The Morgan fingerprint density at radius 1 is 0.906 bits per heavy atom. The molecule has 0 saturated carbocycles. The standard InChI is InChI=1S/C27H39N3O2/c1-26(2)12-13-27(3,32)23-20-21(10-11-22(23)26)24-8-7-9-25(28-24)30-17-15-29(16-18-30)14-5-4-6-19-31/h7-11,20,31-32H,4-6,12-19H2,1-3H3. The molecule has 2 aliphatic rings. The minimum Gasteiger partial charge on any atom is -0.396 e. The zero-order chi connectivity index (χ0) is 22.8. The van der Waals surface area contributed by atoms with Crippen molar-refractivity contribution in [1.82, 2.24) is 9.88 Å². The summed E-state index contributed by atoms with van der Waals surface area (Å²) in [6.07, 6.45) is 4.95. The minimum atomic E-state index is -0.786. The quantitative estimate of drug-likeness (QED) is 0.632. The number of nitrogens with zero attached hydrogens (tertiary/aromatic N) is 3. The Morgan fingerprint density at radius 2 is 1.69 bits per heavy atom. The van der Waals surface area contributed by atoms with Gasteiger partial charge in [-0.1, -0.05) is 32.0 Å². The van der Waals surface area contributed by atoms with E-state index < -0.39 is 5.60 Å². The van der Waals surface area contributed by atoms with Crippen LogP contribution < -0.4 is 4.90 Å². The zero-order valence-electron chi connectivity index (χ0n) is 20.0. The molecule has 174 valence electrons. The Hall–Kier alpha value is -1.95. The molecule has 1 aromatic heterocycles. The molecule has 0 spiro atoms. The van der Waals surface area contributed by atoms with Crippen molar-refractivity contribution in [1.29, 1.82) is 0 Å². The normalized spacial score (nSPS) is 23.2. The molecule has 1 unspecified atom stereocenters. The van der Waals surface area contributed by atoms with E-state index in [-0.39, 0.29) is 5.41 Å². The number of aliphatic hydroxyl groups excluding tert-OH is 1. The topological polar surface area (TPSA) is 59.8 Å². The lowest BCUT2D eigenvalue weighted by atomic mass is 9.67. The number of benzene rings is 1. The maximum Gasteiger partial charge on any atom is 0.129 e. The number of aromatic nitrogens is 1. The summed E-state index contributed by atoms with van der Waals surface area (Å²) in [5.41, 5.74) is 3.65. The smallest absolute Gasteiger partial charge is 0.129 e. The van der Waals surface area contributed by atoms with Crippen LogP contribution in [0.4, 0.5) is 5.82 Å². The van der Waals surface area contributed by atoms with Crippen molar-refractivity contribution in [2.45, 2.75) is 63.9 Å². The first-order chi connectivity index (χ1) is 15.3. The van der Waals surface area contributed by atoms with E-state index in [4.69, 9.17) is 10.1 Å². The molecule has 2 N–H and O–H groups in total. The van der Waals surface area contributed by atoms with Crippen molar-refractivity contribution in [2.24, 2.45) is 0 Å². The Kier molecular flexibility index (Phi) is 6.89. The fourth-order valence-electron chi connectivity index (χ4n) is 5.15. The highest BCUT2D eigenvalue weighted by Crippen LogP contribution is 2.45. The van der Waals surface area contributed by atoms with Crippen LogP contribution in [0, 0.1) is 0 Å². The predicted octanol–water partition coefficient (Wildman–Crippen LogP) is 4.31. The van der Waals surface area contributed by atoms with Crippen LogP contribution in [0.5, 0.6) is 0 Å². The third-order valence-electron chi connectivity index (χ3n) is 7.42. The van der Waals surface area contributed by atoms with Gasteiger partial charge >= 0.3 is 0 Å². The number of anilines is 1. The average Bonchev–Trinajstić information content (AvgIpc) is 2.80. The second-order valence-corrected chi connectivity index (χ2v) is 10.4. The lowest BCUT2D eigenvalue weighted by Gasteiger charge is -2.40. The number of aliphatic hydroxyl groups is 2. The van der Waals surface area contributed by atoms with Gasteiger partial charge in [0.05, 0.1) is 11.3 Å². The summed E-state index contributed by atoms with van der Waals surface area (Å²) in [5.74, 6) is 1.03. The van der Waals surface area contributed by atoms with Crippen LogP contribution in [0.2, 0.25) is 0 Å². The van der Waals surface area contributed by atoms with Crippen LogP contribution in [-0.2, 0) is 11.0 Å². The van der Waals surface area contributed by atoms with E-state index in [1.165, 1.54) is 5.56 Å². The molecule has 32 heavy (non-hydrogen) atoms. The Balaban J connectivity index is 1.47. The third kappa shape index (κ3) is 5.00. The fraction of sp³-hybridized carbons (Fsp3) is 0.593. The summed E-state index contributed by atoms with van der Waals surface area (Å²) in [6, 6.07) is 12.8. The van der Waals surface area contributed by atoms with Gasteiger partial charge < -0.3 is 15.1 Å². The van der Waals surface area contributed by atoms with Crippen molar-refractivity contribution < 1.29 is 10.2 Å². The number of unbranched alkanes of at least 4 members (excludes halogenated alkanes) is 2. The Labute approximate surface area is 193 Å². The largest absolute Gasteiger partial charge is 0.396 e. The van der Waals surface area contributed by atoms with E-state index in [1.807, 2.05) is 6.92 Å². The van der Waals surface area contributed by atoms with E-state index in [0.717, 1.165) is 87.5 Å². The first-order valence-electron chi connectivity index (χ1n) is 12.2. The molecule has 1 aliphatic heterocycles. The number of fused-ring (bicyclic) bond motifs is 1. The van der Waals surface area contributed by atoms with E-state index in [2.05, 4.69) is 60.0 Å². The van der Waals surface area contributed by atoms with Crippen LogP contribution in [0.25, 0.3) is 11.3 Å². The minimum absolute atomic E-state index is 0.0865. The molecule has 5 heteroatoms. The average molecular weight is 438 g/mol. The highest BCUT2D eigenvalue weighted by molar-refractivity contribution is 5.64. The van der Waals surface area contributed by atoms with Crippen molar-refractivity contribution in [3.05, 3.63) is 47.5 Å². The summed E-state index contributed by atoms with van der Waals surface area (Å²) in [5, 5.41) is 20.0. The Bertz CT molecular complexity index is 917. The van der Waals surface area contributed by atoms with Crippen molar-refractivity contribution in [3.8, 4) is 11.3 Å². The van der Waals surface area contributed by atoms with E-state index in [0.29, 0.717) is 6.61 Å². The molecular formula is C27H39N3O2. The van der Waals surface area contributed by atoms with Gasteiger partial charge in [-0.15, -0.1) is 0 Å². The van der Waals surface area contributed by atoms with E-state index >= 15 is 0 Å². The lowest BCUT2D eigenvalue weighted by Crippen LogP contribution is -2.46. The summed E-state index contributed by atoms with van der Waals surface area (Å²) >= 11 is 0. The highest BCUT2D eigenvalue weighted by Gasteiger charge is 2.38. The maximum atomic E-state index is 11.1. The molecule has 0 bridgehead atoms. The van der Waals surface area contributed by atoms with Gasteiger partial charge in [0.15, 0.2) is 0 Å². The summed E-state index contributed by atoms with van der Waals surface area (Å²) in [6.45, 7) is 12.0. The molecule has 1 atom stereocenters. The van der Waals surface area contributed by atoms with Crippen LogP contribution in [0.3, 0.4) is 0 Å². The van der Waals surface area contributed by atoms with Gasteiger partial charge in [0, 0.05) is 38.3 Å². The summed E-state index contributed by atoms with van der Waals surface area (Å²) < 4.78 is 0. The van der Waals surface area contributed by atoms with Gasteiger partial charge in [0.2, 0.25) is 0 Å². The van der Waals surface area contributed by atoms with Crippen molar-refractivity contribution in [3.63, 3.8) is 0 Å². The van der Waals surface area contributed by atoms with Gasteiger partial charge in [-0.25, -0.2) is 4.98 Å². The molecule has 1 aromatic carbocycles. The molecule has 0 amide bonds. The van der Waals surface area contributed by atoms with Crippen molar-refractivity contribution >= 4 is 5.82 Å². The number of hydrogen-bond acceptors (Lipinski definition) is 5. The maximum absolute atomic E-state index is 11.1. The molecule has 1 aliphatic carbocycles. The highest BCUT2D eigenvalue weighted by atomic mass is 16.3. The predicted molar refractivity (Wildman–Crippen MR) is 131 cm³/mol. The van der Waals surface area contributed by atoms with Crippen molar-refractivity contribution in [2.75, 3.05) is 44.2 Å². The molecular weight excluding hydrogens is 398 g/mol. The fourth-order valence-corrected chi connectivity index (χ4v) is 5.15. The molecule has 1 fully saturated rings. The first kappa shape index (κ1) is 23.2. The molecule has 2 aromatic rings. The zero-order valence-corrected chi connectivity index (χ0v) is 20.0. The van der Waals surface area contributed by atoms with Crippen LogP contribution in [0.15, 0.2) is 36.4 Å². The van der Waals surface area contributed by atoms with Crippen LogP contribution >= 0.6 is 0 Å². The number of pyridine rings is 1. The van der Waals surface area contributed by atoms with Gasteiger partial charge in [0.1, 0.15) is 5.82 Å². The van der Waals surface area contributed by atoms with Gasteiger partial charge in [-0.2, -0.15) is 0 Å². The molecule has 0 radical (unpaired) electrons. The third-order valence-corrected chi connectivity index (χ3v) is 7.42. The molecule has 4 rings (SSSR count). The lowest BCUT2D eigenvalue weighted by molar-refractivity contribution is 0.0278. The second-order valence-electron chi connectivity index (χ2n) is 10.4. The van der Waals surface area contributed by atoms with Gasteiger partial charge in [-0.05, 0) is 80.3 Å². The molecule has 2 heterocycles. The SMILES string of the molecule is CC1(C)CCC(C)(O)c2cc(-c3cccc(N4CCN(CCCCCO)CC4)n3)ccc21. The molecule has 1 saturated heterocycles. The number of rotatable bonds is 7. The first-order valence-corrected chi connectivity index (χ1v) is 12.2. The Morgan fingerprint density at radius 3 is 2.44 bits per heavy atom. The number of hydrogen-bond donors (Lipinski definition) is 2. The second kappa shape index (κ2) is 9.50. The van der Waals surface area contributed by atoms with E-state index in [9.17, 15) is 5.11 Å². The van der Waals surface area contributed by atoms with Gasteiger partial charge in [-0.3, -0.25) is 4.90 Å². The molecule has 5 nitrogen and oxygen atoms in total. The van der Waals surface area contributed by atoms with Crippen LogP contribution in [-0.4, -0.2) is 59.4 Å². The number of piperazine rings is 1. The van der Waals surface area contributed by atoms with Crippen LogP contribution in [0.1, 0.15) is 64.0 Å². The monoisotopic (exact) mass is 437 g/mol. The summed E-state index contributed by atoms with van der Waals surface area (Å²) in [7, 11) is 0.